The van der Waals surface area contributed by atoms with Crippen molar-refractivity contribution < 1.29 is 4.79 Å². The quantitative estimate of drug-likeness (QED) is 0.280. The molecule has 0 aliphatic carbocycles. The second-order valence-electron chi connectivity index (χ2n) is 7.78. The third kappa shape index (κ3) is 4.79. The van der Waals surface area contributed by atoms with Crippen LogP contribution in [0.2, 0.25) is 4.34 Å². The molecule has 32 heavy (non-hydrogen) atoms. The predicted molar refractivity (Wildman–Crippen MR) is 133 cm³/mol. The summed E-state index contributed by atoms with van der Waals surface area (Å²) >= 11 is 8.05. The summed E-state index contributed by atoms with van der Waals surface area (Å²) in [6.07, 6.45) is 5.81. The van der Waals surface area contributed by atoms with Gasteiger partial charge in [0.15, 0.2) is 0 Å². The van der Waals surface area contributed by atoms with Gasteiger partial charge in [0.25, 0.3) is 5.91 Å². The third-order valence-corrected chi connectivity index (χ3v) is 6.89. The number of hydrogen-bond donors (Lipinski definition) is 0. The van der Waals surface area contributed by atoms with Crippen molar-refractivity contribution in [2.45, 2.75) is 39.3 Å². The molecule has 0 fully saturated rings. The number of rotatable bonds is 8. The van der Waals surface area contributed by atoms with E-state index in [2.05, 4.69) is 13.8 Å². The van der Waals surface area contributed by atoms with Crippen LogP contribution in [0.1, 0.15) is 42.7 Å². The number of aromatic nitrogens is 2. The maximum absolute atomic E-state index is 13.8. The molecule has 0 spiro atoms. The minimum Gasteiger partial charge on any atom is -0.330 e. The van der Waals surface area contributed by atoms with Crippen LogP contribution in [0.3, 0.4) is 0 Å². The molecule has 1 unspecified atom stereocenters. The Kier molecular flexibility index (Phi) is 7.08. The standard InChI is InChI=1S/C26H26ClN3OS/c1-3-11-19(2)30(18-22-24(27)32-25(28-22)20-12-5-4-6-13-20)26(31)21-14-7-8-15-23(21)29-16-9-10-17-29/h4-10,12-17,19H,3,11,18H2,1-2H3. The average Bonchev–Trinajstić information content (AvgIpc) is 3.48. The second kappa shape index (κ2) is 10.2. The van der Waals surface area contributed by atoms with Crippen LogP contribution in [0.5, 0.6) is 0 Å². The van der Waals surface area contributed by atoms with Crippen LogP contribution in [0.4, 0.5) is 0 Å². The number of para-hydroxylation sites is 1. The Morgan fingerprint density at radius 2 is 1.75 bits per heavy atom. The molecule has 0 bridgehead atoms. The van der Waals surface area contributed by atoms with Crippen LogP contribution in [0, 0.1) is 0 Å². The van der Waals surface area contributed by atoms with E-state index in [9.17, 15) is 4.79 Å². The smallest absolute Gasteiger partial charge is 0.256 e. The molecule has 6 heteroatoms. The van der Waals surface area contributed by atoms with Gasteiger partial charge in [-0.05, 0) is 37.6 Å². The Morgan fingerprint density at radius 3 is 2.47 bits per heavy atom. The highest BCUT2D eigenvalue weighted by Crippen LogP contribution is 2.33. The first-order valence-corrected chi connectivity index (χ1v) is 12.0. The van der Waals surface area contributed by atoms with Crippen LogP contribution < -0.4 is 0 Å². The first-order chi connectivity index (χ1) is 15.6. The monoisotopic (exact) mass is 463 g/mol. The molecule has 1 atom stereocenters. The Bertz CT molecular complexity index is 1170. The first kappa shape index (κ1) is 22.3. The van der Waals surface area contributed by atoms with E-state index in [1.807, 2.05) is 88.6 Å². The molecular formula is C26H26ClN3OS. The number of halogens is 1. The number of benzene rings is 2. The van der Waals surface area contributed by atoms with Gasteiger partial charge in [-0.25, -0.2) is 4.98 Å². The van der Waals surface area contributed by atoms with Crippen LogP contribution in [-0.4, -0.2) is 26.4 Å². The molecule has 0 N–H and O–H groups in total. The molecule has 1 amide bonds. The molecule has 4 rings (SSSR count). The Labute approximate surface area is 198 Å². The van der Waals surface area contributed by atoms with Gasteiger partial charge in [0.05, 0.1) is 23.5 Å². The summed E-state index contributed by atoms with van der Waals surface area (Å²) in [5.74, 6) is -0.0134. The lowest BCUT2D eigenvalue weighted by molar-refractivity contribution is 0.0664. The van der Waals surface area contributed by atoms with Crippen molar-refractivity contribution in [1.82, 2.24) is 14.5 Å². The van der Waals surface area contributed by atoms with Crippen LogP contribution >= 0.6 is 22.9 Å². The van der Waals surface area contributed by atoms with Crippen molar-refractivity contribution in [3.05, 3.63) is 94.7 Å². The molecule has 4 aromatic rings. The van der Waals surface area contributed by atoms with Crippen LogP contribution in [-0.2, 0) is 6.54 Å². The molecular weight excluding hydrogens is 438 g/mol. The highest BCUT2D eigenvalue weighted by atomic mass is 35.5. The van der Waals surface area contributed by atoms with Gasteiger partial charge in [-0.2, -0.15) is 0 Å². The molecule has 0 radical (unpaired) electrons. The lowest BCUT2D eigenvalue weighted by atomic mass is 10.1. The fraction of sp³-hybridized carbons (Fsp3) is 0.231. The molecule has 2 aromatic heterocycles. The molecule has 164 valence electrons. The zero-order valence-corrected chi connectivity index (χ0v) is 19.8. The third-order valence-electron chi connectivity index (χ3n) is 5.51. The minimum absolute atomic E-state index is 0.0134. The summed E-state index contributed by atoms with van der Waals surface area (Å²) < 4.78 is 2.60. The number of nitrogens with zero attached hydrogens (tertiary/aromatic N) is 3. The van der Waals surface area contributed by atoms with Gasteiger partial charge >= 0.3 is 0 Å². The van der Waals surface area contributed by atoms with Gasteiger partial charge in [-0.15, -0.1) is 11.3 Å². The summed E-state index contributed by atoms with van der Waals surface area (Å²) in [4.78, 5) is 20.5. The van der Waals surface area contributed by atoms with Crippen LogP contribution in [0.25, 0.3) is 16.3 Å². The maximum atomic E-state index is 13.8. The van der Waals surface area contributed by atoms with E-state index >= 15 is 0 Å². The van der Waals surface area contributed by atoms with Gasteiger partial charge in [-0.1, -0.05) is 67.4 Å². The van der Waals surface area contributed by atoms with Crippen molar-refractivity contribution >= 4 is 28.8 Å². The van der Waals surface area contributed by atoms with Gasteiger partial charge in [-0.3, -0.25) is 4.79 Å². The summed E-state index contributed by atoms with van der Waals surface area (Å²) in [7, 11) is 0. The molecule has 0 saturated heterocycles. The second-order valence-corrected chi connectivity index (χ2v) is 9.38. The van der Waals surface area contributed by atoms with E-state index in [1.54, 1.807) is 0 Å². The lowest BCUT2D eigenvalue weighted by Gasteiger charge is -2.29. The number of carbonyl (C=O) groups is 1. The highest BCUT2D eigenvalue weighted by Gasteiger charge is 2.26. The SMILES string of the molecule is CCCC(C)N(Cc1nc(-c2ccccc2)sc1Cl)C(=O)c1ccccc1-n1cccc1. The molecule has 0 aliphatic rings. The average molecular weight is 464 g/mol. The van der Waals surface area contributed by atoms with Crippen molar-refractivity contribution in [3.63, 3.8) is 0 Å². The minimum atomic E-state index is -0.0134. The highest BCUT2D eigenvalue weighted by molar-refractivity contribution is 7.19. The number of thiazole rings is 1. The normalized spacial score (nSPS) is 12.0. The molecule has 2 aromatic carbocycles. The van der Waals surface area contributed by atoms with Crippen molar-refractivity contribution in [2.24, 2.45) is 0 Å². The zero-order chi connectivity index (χ0) is 22.5. The van der Waals surface area contributed by atoms with Gasteiger partial charge < -0.3 is 9.47 Å². The fourth-order valence-electron chi connectivity index (χ4n) is 3.83. The Balaban J connectivity index is 1.68. The topological polar surface area (TPSA) is 38.1 Å². The summed E-state index contributed by atoms with van der Waals surface area (Å²) in [6.45, 7) is 4.61. The maximum Gasteiger partial charge on any atom is 0.256 e. The number of amides is 1. The Morgan fingerprint density at radius 1 is 1.06 bits per heavy atom. The number of hydrogen-bond acceptors (Lipinski definition) is 3. The van der Waals surface area contributed by atoms with Crippen molar-refractivity contribution in [2.75, 3.05) is 0 Å². The molecule has 0 aliphatic heterocycles. The number of carbonyl (C=O) groups excluding carboxylic acids is 1. The van der Waals surface area contributed by atoms with Crippen molar-refractivity contribution in [3.8, 4) is 16.3 Å². The molecule has 2 heterocycles. The van der Waals surface area contributed by atoms with Gasteiger partial charge in [0.2, 0.25) is 0 Å². The molecule has 0 saturated carbocycles. The Hall–Kier alpha value is -2.89. The van der Waals surface area contributed by atoms with Crippen molar-refractivity contribution in [1.29, 1.82) is 0 Å². The summed E-state index contributed by atoms with van der Waals surface area (Å²) in [5.41, 5.74) is 3.31. The van der Waals surface area contributed by atoms with Gasteiger partial charge in [0.1, 0.15) is 9.34 Å². The van der Waals surface area contributed by atoms with Crippen LogP contribution in [0.15, 0.2) is 79.1 Å². The summed E-state index contributed by atoms with van der Waals surface area (Å²) in [5, 5.41) is 0.869. The lowest BCUT2D eigenvalue weighted by Crippen LogP contribution is -2.38. The predicted octanol–water partition coefficient (Wildman–Crippen LogP) is 7.09. The summed E-state index contributed by atoms with van der Waals surface area (Å²) in [6, 6.07) is 21.7. The first-order valence-electron chi connectivity index (χ1n) is 10.8. The fourth-order valence-corrected chi connectivity index (χ4v) is 4.96. The zero-order valence-electron chi connectivity index (χ0n) is 18.2. The largest absolute Gasteiger partial charge is 0.330 e. The van der Waals surface area contributed by atoms with E-state index in [-0.39, 0.29) is 11.9 Å². The van der Waals surface area contributed by atoms with E-state index in [1.165, 1.54) is 11.3 Å². The van der Waals surface area contributed by atoms with E-state index in [4.69, 9.17) is 16.6 Å². The molecule has 4 nitrogen and oxygen atoms in total. The van der Waals surface area contributed by atoms with E-state index in [0.29, 0.717) is 16.4 Å². The van der Waals surface area contributed by atoms with E-state index in [0.717, 1.165) is 34.8 Å². The van der Waals surface area contributed by atoms with E-state index < -0.39 is 0 Å². The van der Waals surface area contributed by atoms with Gasteiger partial charge in [0, 0.05) is 24.0 Å².